The van der Waals surface area contributed by atoms with Gasteiger partial charge in [0.05, 0.1) is 0 Å². The first-order valence-corrected chi connectivity index (χ1v) is 2.79. The van der Waals surface area contributed by atoms with Gasteiger partial charge < -0.3 is 17.4 Å². The Labute approximate surface area is 60.1 Å². The van der Waals surface area contributed by atoms with Crippen LogP contribution < -0.4 is 5.66 Å². The van der Waals surface area contributed by atoms with Crippen molar-refractivity contribution in [3.05, 3.63) is 17.9 Å². The molecule has 0 amide bonds. The quantitative estimate of drug-likeness (QED) is 0.483. The first-order chi connectivity index (χ1) is 5.04. The number of rotatable bonds is 2. The highest BCUT2D eigenvalue weighted by molar-refractivity contribution is 6.72. The smallest absolute Gasteiger partial charge is 0.490 e. The van der Waals surface area contributed by atoms with Crippen LogP contribution in [-0.4, -0.2) is 13.3 Å². The highest BCUT2D eigenvalue weighted by atomic mass is 19.4. The summed E-state index contributed by atoms with van der Waals surface area (Å²) in [7, 11) is 0. The molecule has 6 heteroatoms. The molecule has 0 saturated heterocycles. The van der Waals surface area contributed by atoms with Gasteiger partial charge >= 0.3 is 6.98 Å². The number of furan rings is 1. The summed E-state index contributed by atoms with van der Waals surface area (Å²) in [6, 6.07) is 1.72. The molecule has 0 spiro atoms. The van der Waals surface area contributed by atoms with Crippen LogP contribution >= 0.6 is 0 Å². The highest BCUT2D eigenvalue weighted by Gasteiger charge is 2.29. The summed E-state index contributed by atoms with van der Waals surface area (Å²) in [5.74, 6) is -0.306. The van der Waals surface area contributed by atoms with E-state index in [-0.39, 0.29) is 12.0 Å². The maximum absolute atomic E-state index is 11.8. The second-order valence-corrected chi connectivity index (χ2v) is 1.93. The van der Waals surface area contributed by atoms with E-state index in [0.29, 0.717) is 0 Å². The second-order valence-electron chi connectivity index (χ2n) is 1.93. The summed E-state index contributed by atoms with van der Waals surface area (Å²) >= 11 is 0. The average Bonchev–Trinajstić information content (AvgIpc) is 2.32. The van der Waals surface area contributed by atoms with Crippen LogP contribution in [0, 0.1) is 0 Å². The SMILES string of the molecule is O=Cc1ccc([B-](F)(F)F)o1. The van der Waals surface area contributed by atoms with Gasteiger partial charge in [-0.15, -0.1) is 0 Å². The number of aldehydes is 1. The van der Waals surface area contributed by atoms with E-state index in [4.69, 9.17) is 0 Å². The van der Waals surface area contributed by atoms with E-state index in [2.05, 4.69) is 4.42 Å². The van der Waals surface area contributed by atoms with Crippen LogP contribution in [0.2, 0.25) is 0 Å². The summed E-state index contributed by atoms with van der Waals surface area (Å²) in [6.07, 6.45) is 0.227. The van der Waals surface area contributed by atoms with Crippen molar-refractivity contribution >= 4 is 18.9 Å². The third-order valence-corrected chi connectivity index (χ3v) is 1.09. The minimum atomic E-state index is -5.12. The summed E-state index contributed by atoms with van der Waals surface area (Å²) in [4.78, 5) is 9.89. The van der Waals surface area contributed by atoms with Crippen molar-refractivity contribution in [3.63, 3.8) is 0 Å². The molecule has 60 valence electrons. The largest absolute Gasteiger partial charge is 0.544 e. The standard InChI is InChI=1S/C5H3BF3O2/c7-6(8,9)5-2-1-4(3-10)11-5/h1-3H/q-1. The van der Waals surface area contributed by atoms with Gasteiger partial charge in [-0.1, -0.05) is 6.07 Å². The number of hydrogen-bond acceptors (Lipinski definition) is 2. The van der Waals surface area contributed by atoms with Crippen molar-refractivity contribution < 1.29 is 22.2 Å². The molecule has 1 aromatic heterocycles. The normalized spacial score (nSPS) is 11.5. The van der Waals surface area contributed by atoms with Crippen LogP contribution in [0.25, 0.3) is 0 Å². The molecule has 2 nitrogen and oxygen atoms in total. The van der Waals surface area contributed by atoms with Gasteiger partial charge in [0, 0.05) is 5.66 Å². The van der Waals surface area contributed by atoms with Crippen molar-refractivity contribution in [1.82, 2.24) is 0 Å². The monoisotopic (exact) mass is 163 g/mol. The fraction of sp³-hybridized carbons (Fsp3) is 0. The van der Waals surface area contributed by atoms with E-state index in [9.17, 15) is 17.7 Å². The van der Waals surface area contributed by atoms with Crippen LogP contribution in [0.1, 0.15) is 10.6 Å². The highest BCUT2D eigenvalue weighted by Crippen LogP contribution is 2.10. The Balaban J connectivity index is 2.98. The molecule has 0 bridgehead atoms. The molecular weight excluding hydrogens is 160 g/mol. The maximum Gasteiger partial charge on any atom is 0.544 e. The number of halogens is 3. The number of carbonyl (C=O) groups is 1. The molecule has 0 fully saturated rings. The fourth-order valence-corrected chi connectivity index (χ4v) is 0.608. The molecule has 0 aromatic carbocycles. The van der Waals surface area contributed by atoms with Crippen molar-refractivity contribution in [2.24, 2.45) is 0 Å². The number of hydrogen-bond donors (Lipinski definition) is 0. The summed E-state index contributed by atoms with van der Waals surface area (Å²) < 4.78 is 39.5. The minimum absolute atomic E-state index is 0.227. The lowest BCUT2D eigenvalue weighted by Crippen LogP contribution is -2.32. The first kappa shape index (κ1) is 7.91. The first-order valence-electron chi connectivity index (χ1n) is 2.79. The molecule has 0 radical (unpaired) electrons. The zero-order valence-corrected chi connectivity index (χ0v) is 5.26. The van der Waals surface area contributed by atoms with Crippen LogP contribution in [-0.2, 0) is 0 Å². The fourth-order valence-electron chi connectivity index (χ4n) is 0.608. The van der Waals surface area contributed by atoms with E-state index < -0.39 is 12.6 Å². The third-order valence-electron chi connectivity index (χ3n) is 1.09. The molecule has 0 atom stereocenters. The average molecular weight is 163 g/mol. The Hall–Kier alpha value is -1.20. The molecule has 0 aliphatic rings. The van der Waals surface area contributed by atoms with Crippen LogP contribution in [0.5, 0.6) is 0 Å². The van der Waals surface area contributed by atoms with Gasteiger partial charge in [-0.2, -0.15) is 0 Å². The molecule has 0 N–H and O–H groups in total. The topological polar surface area (TPSA) is 30.2 Å². The zero-order chi connectivity index (χ0) is 8.48. The zero-order valence-electron chi connectivity index (χ0n) is 5.26. The molecule has 0 aliphatic heterocycles. The summed E-state index contributed by atoms with van der Waals surface area (Å²) in [5, 5.41) is 0. The lowest BCUT2D eigenvalue weighted by atomic mass is 9.88. The Morgan fingerprint density at radius 3 is 2.27 bits per heavy atom. The number of carbonyl (C=O) groups excluding carboxylic acids is 1. The second kappa shape index (κ2) is 2.45. The summed E-state index contributed by atoms with van der Waals surface area (Å²) in [5.41, 5.74) is -1.09. The predicted octanol–water partition coefficient (Wildman–Crippen LogP) is 1.15. The molecular formula is C5H3BF3O2-. The van der Waals surface area contributed by atoms with Crippen molar-refractivity contribution in [3.8, 4) is 0 Å². The van der Waals surface area contributed by atoms with E-state index in [1.165, 1.54) is 0 Å². The predicted molar refractivity (Wildman–Crippen MR) is 32.8 cm³/mol. The van der Waals surface area contributed by atoms with Gasteiger partial charge in [0.15, 0.2) is 12.0 Å². The van der Waals surface area contributed by atoms with Gasteiger partial charge in [-0.3, -0.25) is 4.79 Å². The van der Waals surface area contributed by atoms with Crippen molar-refractivity contribution in [2.75, 3.05) is 0 Å². The third kappa shape index (κ3) is 1.63. The molecule has 0 aliphatic carbocycles. The van der Waals surface area contributed by atoms with E-state index in [1.807, 2.05) is 0 Å². The Morgan fingerprint density at radius 1 is 1.36 bits per heavy atom. The minimum Gasteiger partial charge on any atom is -0.490 e. The lowest BCUT2D eigenvalue weighted by molar-refractivity contribution is 0.110. The van der Waals surface area contributed by atoms with Gasteiger partial charge in [0.25, 0.3) is 0 Å². The molecule has 1 aromatic rings. The molecule has 0 saturated carbocycles. The maximum atomic E-state index is 11.8. The van der Waals surface area contributed by atoms with Gasteiger partial charge in [0.2, 0.25) is 0 Å². The van der Waals surface area contributed by atoms with Crippen molar-refractivity contribution in [2.45, 2.75) is 0 Å². The van der Waals surface area contributed by atoms with Crippen LogP contribution in [0.4, 0.5) is 12.9 Å². The van der Waals surface area contributed by atoms with Gasteiger partial charge in [-0.25, -0.2) is 0 Å². The summed E-state index contributed by atoms with van der Waals surface area (Å²) in [6.45, 7) is -5.12. The molecule has 11 heavy (non-hydrogen) atoms. The Morgan fingerprint density at radius 2 is 2.00 bits per heavy atom. The molecule has 1 heterocycles. The molecule has 0 unspecified atom stereocenters. The van der Waals surface area contributed by atoms with Crippen molar-refractivity contribution in [1.29, 1.82) is 0 Å². The Kier molecular flexibility index (Phi) is 1.76. The van der Waals surface area contributed by atoms with E-state index in [0.717, 1.165) is 12.1 Å². The van der Waals surface area contributed by atoms with E-state index >= 15 is 0 Å². The lowest BCUT2D eigenvalue weighted by Gasteiger charge is -2.08. The van der Waals surface area contributed by atoms with E-state index in [1.54, 1.807) is 0 Å². The van der Waals surface area contributed by atoms with Crippen LogP contribution in [0.3, 0.4) is 0 Å². The molecule has 1 rings (SSSR count). The van der Waals surface area contributed by atoms with Gasteiger partial charge in [0.1, 0.15) is 0 Å². The Bertz CT molecular complexity index is 265. The van der Waals surface area contributed by atoms with Gasteiger partial charge in [-0.05, 0) is 6.07 Å². The van der Waals surface area contributed by atoms with Crippen LogP contribution in [0.15, 0.2) is 16.5 Å².